The number of anilines is 6. The highest BCUT2D eigenvalue weighted by Gasteiger charge is 2.63. The van der Waals surface area contributed by atoms with Gasteiger partial charge in [-0.1, -0.05) is 203 Å². The molecule has 0 unspecified atom stereocenters. The summed E-state index contributed by atoms with van der Waals surface area (Å²) in [5, 5.41) is 5.73. The van der Waals surface area contributed by atoms with Crippen molar-refractivity contribution in [1.82, 2.24) is 0 Å². The van der Waals surface area contributed by atoms with Gasteiger partial charge >= 0.3 is 0 Å². The van der Waals surface area contributed by atoms with Gasteiger partial charge < -0.3 is 9.80 Å². The molecule has 4 saturated carbocycles. The summed E-state index contributed by atoms with van der Waals surface area (Å²) in [6, 6.07) is 84.7. The Morgan fingerprint density at radius 1 is 0.381 bits per heavy atom. The van der Waals surface area contributed by atoms with Gasteiger partial charge in [0.25, 0.3) is 0 Å². The van der Waals surface area contributed by atoms with Crippen molar-refractivity contribution in [2.45, 2.75) is 96.1 Å². The highest BCUT2D eigenvalue weighted by atomic mass is 32.1. The molecule has 10 aromatic carbocycles. The monoisotopic (exact) mass is 1140 g/mol. The first kappa shape index (κ1) is 52.0. The molecular weight excluding hydrogens is 1070 g/mol. The first-order valence-electron chi connectivity index (χ1n) is 31.1. The third-order valence-corrected chi connectivity index (χ3v) is 26.0. The van der Waals surface area contributed by atoms with E-state index in [0.717, 1.165) is 11.8 Å². The molecule has 11 aromatic rings. The van der Waals surface area contributed by atoms with Crippen LogP contribution < -0.4 is 20.2 Å². The van der Waals surface area contributed by atoms with Crippen LogP contribution in [-0.4, -0.2) is 16.1 Å². The van der Waals surface area contributed by atoms with Gasteiger partial charge in [0, 0.05) is 65.0 Å². The molecule has 414 valence electrons. The zero-order valence-corrected chi connectivity index (χ0v) is 52.7. The lowest BCUT2D eigenvalue weighted by atomic mass is 9.43. The maximum absolute atomic E-state index is 2.81. The molecule has 0 radical (unpaired) electrons. The normalized spacial score (nSPS) is 20.5. The summed E-state index contributed by atoms with van der Waals surface area (Å²) < 4.78 is 2.73. The second kappa shape index (κ2) is 19.0. The van der Waals surface area contributed by atoms with Gasteiger partial charge in [0.2, 0.25) is 0 Å². The number of hydrogen-bond donors (Lipinski definition) is 0. The van der Waals surface area contributed by atoms with Crippen LogP contribution in [0.3, 0.4) is 0 Å². The van der Waals surface area contributed by atoms with Crippen molar-refractivity contribution in [3.05, 3.63) is 241 Å². The van der Waals surface area contributed by atoms with Crippen LogP contribution in [0, 0.1) is 23.7 Å². The average molecular weight is 1140 g/mol. The predicted octanol–water partition coefficient (Wildman–Crippen LogP) is 21.4. The van der Waals surface area contributed by atoms with Gasteiger partial charge in [0.15, 0.2) is 0 Å². The summed E-state index contributed by atoms with van der Waals surface area (Å²) in [5.74, 6) is 2.85. The Labute approximate surface area is 503 Å². The van der Waals surface area contributed by atoms with E-state index in [1.165, 1.54) is 152 Å². The smallest absolute Gasteiger partial charge is 0.0776 e. The van der Waals surface area contributed by atoms with Crippen molar-refractivity contribution in [2.75, 3.05) is 9.80 Å². The topological polar surface area (TPSA) is 6.48 Å². The first-order valence-corrected chi connectivity index (χ1v) is 38.9. The summed E-state index contributed by atoms with van der Waals surface area (Å²) in [4.78, 5) is 5.22. The minimum Gasteiger partial charge on any atom is -0.310 e. The third-order valence-electron chi connectivity index (χ3n) is 20.8. The van der Waals surface area contributed by atoms with Crippen LogP contribution in [0.15, 0.2) is 218 Å². The Hall–Kier alpha value is -7.55. The molecule has 6 aliphatic carbocycles. The molecule has 0 atom stereocenters. The number of benzene rings is 10. The number of nitrogens with zero attached hydrogens (tertiary/aromatic N) is 2. The summed E-state index contributed by atoms with van der Waals surface area (Å²) in [7, 11) is -3.34. The Morgan fingerprint density at radius 2 is 0.881 bits per heavy atom. The molecule has 0 N–H and O–H groups in total. The number of rotatable bonds is 10. The van der Waals surface area contributed by atoms with E-state index in [1.54, 1.807) is 11.1 Å². The lowest BCUT2D eigenvalue weighted by Crippen LogP contribution is -2.55. The van der Waals surface area contributed by atoms with Crippen molar-refractivity contribution in [3.63, 3.8) is 0 Å². The Bertz CT molecular complexity index is 4430. The van der Waals surface area contributed by atoms with E-state index in [4.69, 9.17) is 0 Å². The molecule has 84 heavy (non-hydrogen) atoms. The Balaban J connectivity index is 0.945. The van der Waals surface area contributed by atoms with Crippen molar-refractivity contribution in [3.8, 4) is 44.5 Å². The minimum absolute atomic E-state index is 0.0885. The van der Waals surface area contributed by atoms with Gasteiger partial charge in [0.05, 0.1) is 21.8 Å². The van der Waals surface area contributed by atoms with Gasteiger partial charge in [-0.15, -0.1) is 11.3 Å². The number of thiophene rings is 1. The average Bonchev–Trinajstić information content (AvgIpc) is 1.54. The van der Waals surface area contributed by atoms with Gasteiger partial charge in [-0.05, 0) is 196 Å². The van der Waals surface area contributed by atoms with Gasteiger partial charge in [0.1, 0.15) is 0 Å². The van der Waals surface area contributed by atoms with Gasteiger partial charge in [-0.25, -0.2) is 0 Å². The molecule has 0 saturated heterocycles. The molecule has 1 aromatic heterocycles. The van der Waals surface area contributed by atoms with Crippen LogP contribution in [0.4, 0.5) is 34.1 Å². The quantitative estimate of drug-likeness (QED) is 0.126. The van der Waals surface area contributed by atoms with E-state index in [2.05, 4.69) is 281 Å². The summed E-state index contributed by atoms with van der Waals surface area (Å²) in [6.07, 6.45) is 6.74. The SMILES string of the molecule is CC1(C)c2ccccc2-c2c(N(c3cccc(-c4ccccc4)c3)c3cccc([Si](C)(C)C)c3)cc3c(c21)-c1cc2sc4cc(N(c5cccc(-c6ccccc6)c5)c5cccc([Si](C)(C)C)c5)ccc4c2cc1C31C2CC3CC(C2)CC1C3. The summed E-state index contributed by atoms with van der Waals surface area (Å²) >= 11 is 2.00. The van der Waals surface area contributed by atoms with E-state index in [1.807, 2.05) is 11.3 Å². The molecule has 6 aliphatic rings. The van der Waals surface area contributed by atoms with Crippen molar-refractivity contribution in [1.29, 1.82) is 0 Å². The van der Waals surface area contributed by atoms with E-state index in [-0.39, 0.29) is 10.8 Å². The molecule has 2 nitrogen and oxygen atoms in total. The summed E-state index contributed by atoms with van der Waals surface area (Å²) in [5.41, 5.74) is 24.0. The third kappa shape index (κ3) is 7.97. The van der Waals surface area contributed by atoms with Crippen molar-refractivity contribution >= 4 is 92.2 Å². The van der Waals surface area contributed by atoms with Gasteiger partial charge in [-0.2, -0.15) is 0 Å². The largest absolute Gasteiger partial charge is 0.310 e. The number of fused-ring (bicyclic) bond motifs is 10. The van der Waals surface area contributed by atoms with Crippen LogP contribution in [0.25, 0.3) is 64.7 Å². The van der Waals surface area contributed by atoms with E-state index >= 15 is 0 Å². The Kier molecular flexibility index (Phi) is 11.8. The molecule has 4 fully saturated rings. The van der Waals surface area contributed by atoms with Crippen molar-refractivity contribution in [2.24, 2.45) is 23.7 Å². The molecule has 0 aliphatic heterocycles. The Morgan fingerprint density at radius 3 is 1.48 bits per heavy atom. The molecule has 17 rings (SSSR count). The molecule has 1 heterocycles. The first-order chi connectivity index (χ1) is 40.6. The van der Waals surface area contributed by atoms with Crippen LogP contribution in [0.1, 0.15) is 68.2 Å². The lowest BCUT2D eigenvalue weighted by Gasteiger charge is -2.61. The number of hydrogen-bond acceptors (Lipinski definition) is 3. The molecule has 4 bridgehead atoms. The zero-order valence-electron chi connectivity index (χ0n) is 49.9. The van der Waals surface area contributed by atoms with Crippen LogP contribution >= 0.6 is 11.3 Å². The molecule has 5 heteroatoms. The van der Waals surface area contributed by atoms with Crippen molar-refractivity contribution < 1.29 is 0 Å². The zero-order chi connectivity index (χ0) is 57.0. The second-order valence-corrected chi connectivity index (χ2v) is 39.4. The summed E-state index contributed by atoms with van der Waals surface area (Å²) in [6.45, 7) is 20.0. The molecule has 0 amide bonds. The standard InChI is InChI=1S/C79H74N2SSi2/c1-78(2)69-34-16-15-33-66(69)76-72(81(61-30-20-32-64(45-61)84(6,7)8)59-28-18-26-55(43-59)53-23-13-10-14-24-53)49-71-75(77(76)78)68-48-74-67(47-70(68)79(71)56-38-50-37-51(40-56)41-57(79)39-50)65-36-35-62(46-73(65)82-74)80(60-29-19-31-63(44-60)83(3,4)5)58-27-17-25-54(42-58)52-21-11-9-12-22-52/h9-36,42-51,56-57H,37-41H2,1-8H3. The van der Waals surface area contributed by atoms with Gasteiger partial charge in [-0.3, -0.25) is 0 Å². The highest BCUT2D eigenvalue weighted by molar-refractivity contribution is 7.25. The fourth-order valence-corrected chi connectivity index (χ4v) is 20.7. The van der Waals surface area contributed by atoms with E-state index in [0.29, 0.717) is 11.8 Å². The lowest BCUT2D eigenvalue weighted by molar-refractivity contribution is -0.0398. The van der Waals surface area contributed by atoms with E-state index < -0.39 is 16.1 Å². The van der Waals surface area contributed by atoms with E-state index in [9.17, 15) is 0 Å². The maximum atomic E-state index is 2.81. The van der Waals surface area contributed by atoms with Crippen LogP contribution in [0.2, 0.25) is 39.3 Å². The molecular formula is C79H74N2SSi2. The second-order valence-electron chi connectivity index (χ2n) is 28.2. The van der Waals surface area contributed by atoms with Crippen LogP contribution in [0.5, 0.6) is 0 Å². The maximum Gasteiger partial charge on any atom is 0.0776 e. The minimum atomic E-state index is -1.71. The van der Waals surface area contributed by atoms with Crippen LogP contribution in [-0.2, 0) is 10.8 Å². The highest BCUT2D eigenvalue weighted by Crippen LogP contribution is 2.73. The fourth-order valence-electron chi connectivity index (χ4n) is 17.2. The fraction of sp³-hybridized carbons (Fsp3) is 0.241. The predicted molar refractivity (Wildman–Crippen MR) is 366 cm³/mol. The molecule has 1 spiro atoms.